The van der Waals surface area contributed by atoms with Crippen molar-refractivity contribution in [1.82, 2.24) is 10.6 Å². The van der Waals surface area contributed by atoms with Gasteiger partial charge in [-0.15, -0.1) is 0 Å². The second-order valence-electron chi connectivity index (χ2n) is 6.65. The first kappa shape index (κ1) is 17.5. The fourth-order valence-corrected chi connectivity index (χ4v) is 3.39. The monoisotopic (exact) mass is 340 g/mol. The van der Waals surface area contributed by atoms with Crippen LogP contribution in [0.3, 0.4) is 0 Å². The maximum atomic E-state index is 12.9. The van der Waals surface area contributed by atoms with Gasteiger partial charge >= 0.3 is 6.03 Å². The van der Waals surface area contributed by atoms with Gasteiger partial charge in [-0.1, -0.05) is 37.3 Å². The highest BCUT2D eigenvalue weighted by molar-refractivity contribution is 5.74. The molecule has 0 spiro atoms. The Balaban J connectivity index is 1.59. The van der Waals surface area contributed by atoms with Gasteiger partial charge in [-0.05, 0) is 66.5 Å². The molecule has 0 saturated heterocycles. The fraction of sp³-hybridized carbons (Fsp3) is 0.381. The van der Waals surface area contributed by atoms with E-state index in [2.05, 4.69) is 35.8 Å². The number of rotatable bonds is 5. The Morgan fingerprint density at radius 2 is 1.80 bits per heavy atom. The van der Waals surface area contributed by atoms with E-state index in [1.807, 2.05) is 0 Å². The van der Waals surface area contributed by atoms with E-state index in [1.165, 1.54) is 41.7 Å². The molecule has 1 unspecified atom stereocenters. The van der Waals surface area contributed by atoms with Gasteiger partial charge in [0, 0.05) is 6.54 Å². The van der Waals surface area contributed by atoms with Crippen molar-refractivity contribution in [3.05, 3.63) is 70.5 Å². The summed E-state index contributed by atoms with van der Waals surface area (Å²) in [6.45, 7) is 2.46. The molecule has 2 N–H and O–H groups in total. The van der Waals surface area contributed by atoms with Crippen LogP contribution in [0, 0.1) is 5.82 Å². The van der Waals surface area contributed by atoms with Gasteiger partial charge in [-0.2, -0.15) is 0 Å². The smallest absolute Gasteiger partial charge is 0.315 e. The molecule has 3 rings (SSSR count). The molecule has 1 aliphatic rings. The van der Waals surface area contributed by atoms with Crippen molar-refractivity contribution < 1.29 is 9.18 Å². The summed E-state index contributed by atoms with van der Waals surface area (Å²) in [6, 6.07) is 12.6. The zero-order valence-corrected chi connectivity index (χ0v) is 14.6. The van der Waals surface area contributed by atoms with Gasteiger partial charge in [0.2, 0.25) is 0 Å². The van der Waals surface area contributed by atoms with E-state index in [4.69, 9.17) is 0 Å². The molecule has 132 valence electrons. The summed E-state index contributed by atoms with van der Waals surface area (Å²) in [7, 11) is 0. The zero-order valence-electron chi connectivity index (χ0n) is 14.6. The zero-order chi connectivity index (χ0) is 17.6. The van der Waals surface area contributed by atoms with E-state index < -0.39 is 0 Å². The number of benzene rings is 2. The average Bonchev–Trinajstić information content (AvgIpc) is 2.65. The SMILES string of the molecule is CCC(NC(=O)NCc1ccc(F)cc1)c1ccc2c(c1)CCCC2. The Kier molecular flexibility index (Phi) is 5.69. The number of nitrogens with one attached hydrogen (secondary N) is 2. The Hall–Kier alpha value is -2.36. The molecule has 3 nitrogen and oxygen atoms in total. The minimum Gasteiger partial charge on any atom is -0.334 e. The third-order valence-corrected chi connectivity index (χ3v) is 4.85. The van der Waals surface area contributed by atoms with Crippen LogP contribution in [0.5, 0.6) is 0 Å². The molecule has 2 aromatic rings. The topological polar surface area (TPSA) is 41.1 Å². The molecule has 1 aliphatic carbocycles. The van der Waals surface area contributed by atoms with E-state index in [0.717, 1.165) is 24.8 Å². The quantitative estimate of drug-likeness (QED) is 0.817. The highest BCUT2D eigenvalue weighted by atomic mass is 19.1. The van der Waals surface area contributed by atoms with Crippen LogP contribution in [0.4, 0.5) is 9.18 Å². The van der Waals surface area contributed by atoms with Crippen LogP contribution in [0.2, 0.25) is 0 Å². The molecule has 0 radical (unpaired) electrons. The molecule has 0 aromatic heterocycles. The molecule has 2 aromatic carbocycles. The lowest BCUT2D eigenvalue weighted by Crippen LogP contribution is -2.37. The number of carbonyl (C=O) groups is 1. The summed E-state index contributed by atoms with van der Waals surface area (Å²) >= 11 is 0. The largest absolute Gasteiger partial charge is 0.334 e. The molecule has 1 atom stereocenters. The van der Waals surface area contributed by atoms with Crippen molar-refractivity contribution in [3.63, 3.8) is 0 Å². The molecule has 25 heavy (non-hydrogen) atoms. The van der Waals surface area contributed by atoms with Gasteiger partial charge in [-0.25, -0.2) is 9.18 Å². The predicted octanol–water partition coefficient (Wildman–Crippen LogP) is 4.66. The molecule has 0 bridgehead atoms. The molecule has 0 heterocycles. The van der Waals surface area contributed by atoms with Crippen LogP contribution in [0.25, 0.3) is 0 Å². The van der Waals surface area contributed by atoms with Crippen molar-refractivity contribution in [1.29, 1.82) is 0 Å². The van der Waals surface area contributed by atoms with Gasteiger partial charge in [0.05, 0.1) is 6.04 Å². The first-order chi connectivity index (χ1) is 12.2. The second kappa shape index (κ2) is 8.15. The number of hydrogen-bond acceptors (Lipinski definition) is 1. The Morgan fingerprint density at radius 3 is 2.52 bits per heavy atom. The molecular formula is C21H25FN2O. The standard InChI is InChI=1S/C21H25FN2O/c1-2-20(18-10-9-16-5-3-4-6-17(16)13-18)24-21(25)23-14-15-7-11-19(22)12-8-15/h7-13,20H,2-6,14H2,1H3,(H2,23,24,25). The molecule has 0 aliphatic heterocycles. The first-order valence-corrected chi connectivity index (χ1v) is 9.06. The maximum Gasteiger partial charge on any atom is 0.315 e. The molecule has 0 fully saturated rings. The van der Waals surface area contributed by atoms with E-state index >= 15 is 0 Å². The summed E-state index contributed by atoms with van der Waals surface area (Å²) in [5, 5.41) is 5.89. The average molecular weight is 340 g/mol. The normalized spacial score (nSPS) is 14.5. The van der Waals surface area contributed by atoms with Crippen LogP contribution in [-0.4, -0.2) is 6.03 Å². The fourth-order valence-electron chi connectivity index (χ4n) is 3.39. The molecular weight excluding hydrogens is 315 g/mol. The van der Waals surface area contributed by atoms with E-state index in [1.54, 1.807) is 12.1 Å². The van der Waals surface area contributed by atoms with Gasteiger partial charge in [-0.3, -0.25) is 0 Å². The number of urea groups is 1. The van der Waals surface area contributed by atoms with E-state index in [0.29, 0.717) is 6.54 Å². The Labute approximate surface area is 148 Å². The maximum absolute atomic E-state index is 12.9. The van der Waals surface area contributed by atoms with Crippen LogP contribution in [-0.2, 0) is 19.4 Å². The van der Waals surface area contributed by atoms with Crippen molar-refractivity contribution in [2.75, 3.05) is 0 Å². The second-order valence-corrected chi connectivity index (χ2v) is 6.65. The summed E-state index contributed by atoms with van der Waals surface area (Å²) in [6.07, 6.45) is 5.66. The van der Waals surface area contributed by atoms with Gasteiger partial charge < -0.3 is 10.6 Å². The molecule has 2 amide bonds. The lowest BCUT2D eigenvalue weighted by atomic mass is 9.89. The number of halogens is 1. The van der Waals surface area contributed by atoms with Crippen LogP contribution >= 0.6 is 0 Å². The van der Waals surface area contributed by atoms with Crippen LogP contribution in [0.1, 0.15) is 54.5 Å². The first-order valence-electron chi connectivity index (χ1n) is 9.06. The number of carbonyl (C=O) groups excluding carboxylic acids is 1. The highest BCUT2D eigenvalue weighted by Gasteiger charge is 2.16. The predicted molar refractivity (Wildman–Crippen MR) is 97.9 cm³/mol. The number of amides is 2. The minimum absolute atomic E-state index is 0.000411. The van der Waals surface area contributed by atoms with Crippen molar-refractivity contribution in [2.24, 2.45) is 0 Å². The molecule has 0 saturated carbocycles. The van der Waals surface area contributed by atoms with Crippen LogP contribution in [0.15, 0.2) is 42.5 Å². The minimum atomic E-state index is -0.272. The van der Waals surface area contributed by atoms with E-state index in [-0.39, 0.29) is 17.9 Å². The van der Waals surface area contributed by atoms with E-state index in [9.17, 15) is 9.18 Å². The highest BCUT2D eigenvalue weighted by Crippen LogP contribution is 2.26. The number of aryl methyl sites for hydroxylation is 2. The van der Waals surface area contributed by atoms with Gasteiger partial charge in [0.1, 0.15) is 5.82 Å². The molecule has 4 heteroatoms. The van der Waals surface area contributed by atoms with Crippen LogP contribution < -0.4 is 10.6 Å². The van der Waals surface area contributed by atoms with Gasteiger partial charge in [0.15, 0.2) is 0 Å². The number of fused-ring (bicyclic) bond motifs is 1. The number of hydrogen-bond donors (Lipinski definition) is 2. The Bertz CT molecular complexity index is 727. The third kappa shape index (κ3) is 4.59. The summed E-state index contributed by atoms with van der Waals surface area (Å²) in [5.74, 6) is -0.272. The van der Waals surface area contributed by atoms with Gasteiger partial charge in [0.25, 0.3) is 0 Å². The summed E-state index contributed by atoms with van der Waals surface area (Å²) < 4.78 is 12.9. The lowest BCUT2D eigenvalue weighted by Gasteiger charge is -2.22. The van der Waals surface area contributed by atoms with Crippen molar-refractivity contribution >= 4 is 6.03 Å². The Morgan fingerprint density at radius 1 is 1.08 bits per heavy atom. The summed E-state index contributed by atoms with van der Waals surface area (Å²) in [5.41, 5.74) is 4.92. The van der Waals surface area contributed by atoms with Crippen molar-refractivity contribution in [2.45, 2.75) is 51.6 Å². The summed E-state index contributed by atoms with van der Waals surface area (Å²) in [4.78, 5) is 12.2. The lowest BCUT2D eigenvalue weighted by molar-refractivity contribution is 0.236. The third-order valence-electron chi connectivity index (χ3n) is 4.85. The van der Waals surface area contributed by atoms with Crippen molar-refractivity contribution in [3.8, 4) is 0 Å².